The van der Waals surface area contributed by atoms with Crippen LogP contribution in [-0.4, -0.2) is 30.1 Å². The lowest BCUT2D eigenvalue weighted by Crippen LogP contribution is -2.35. The van der Waals surface area contributed by atoms with Gasteiger partial charge in [0, 0.05) is 12.6 Å². The lowest BCUT2D eigenvalue weighted by Gasteiger charge is -2.22. The Kier molecular flexibility index (Phi) is 4.63. The second kappa shape index (κ2) is 6.23. The Bertz CT molecular complexity index is 405. The van der Waals surface area contributed by atoms with Gasteiger partial charge >= 0.3 is 0 Å². The normalized spacial score (nSPS) is 19.1. The van der Waals surface area contributed by atoms with E-state index in [1.165, 1.54) is 0 Å². The van der Waals surface area contributed by atoms with E-state index in [9.17, 15) is 5.11 Å². The first kappa shape index (κ1) is 14.1. The summed E-state index contributed by atoms with van der Waals surface area (Å²) in [5, 5.41) is 10.2. The molecule has 106 valence electrons. The summed E-state index contributed by atoms with van der Waals surface area (Å²) in [5.74, 6) is 1.29. The van der Waals surface area contributed by atoms with Crippen molar-refractivity contribution >= 4 is 0 Å². The topological polar surface area (TPSA) is 90.7 Å². The summed E-state index contributed by atoms with van der Waals surface area (Å²) in [7, 11) is 0. The molecule has 1 atom stereocenters. The van der Waals surface area contributed by atoms with E-state index in [1.54, 1.807) is 12.1 Å². The van der Waals surface area contributed by atoms with Crippen molar-refractivity contribution in [2.45, 2.75) is 37.5 Å². The standard InChI is InChI=1S/C14H22N2O3/c15-9-13(16)19-12-5-3-4-11(8-12)18-10-14(17)6-1-2-7-14/h3-5,8,13,17H,1-2,6-7,9-10,15-16H2/t13-/m0/s1. The van der Waals surface area contributed by atoms with E-state index in [1.807, 2.05) is 12.1 Å². The van der Waals surface area contributed by atoms with Gasteiger partial charge in [0.15, 0.2) is 6.23 Å². The van der Waals surface area contributed by atoms with E-state index in [4.69, 9.17) is 20.9 Å². The van der Waals surface area contributed by atoms with Gasteiger partial charge in [-0.15, -0.1) is 0 Å². The van der Waals surface area contributed by atoms with Crippen LogP contribution in [0, 0.1) is 0 Å². The summed E-state index contributed by atoms with van der Waals surface area (Å²) in [6.07, 6.45) is 3.22. The molecule has 1 aromatic rings. The van der Waals surface area contributed by atoms with Crippen molar-refractivity contribution in [2.75, 3.05) is 13.2 Å². The highest BCUT2D eigenvalue weighted by Crippen LogP contribution is 2.30. The third-order valence-electron chi connectivity index (χ3n) is 3.37. The second-order valence-corrected chi connectivity index (χ2v) is 5.09. The molecule has 0 radical (unpaired) electrons. The fourth-order valence-electron chi connectivity index (χ4n) is 2.26. The molecule has 19 heavy (non-hydrogen) atoms. The van der Waals surface area contributed by atoms with E-state index in [0.717, 1.165) is 25.7 Å². The molecule has 0 aliphatic heterocycles. The Morgan fingerprint density at radius 1 is 1.26 bits per heavy atom. The van der Waals surface area contributed by atoms with E-state index in [2.05, 4.69) is 0 Å². The summed E-state index contributed by atoms with van der Waals surface area (Å²) in [4.78, 5) is 0. The number of nitrogens with two attached hydrogens (primary N) is 2. The van der Waals surface area contributed by atoms with Crippen LogP contribution in [0.15, 0.2) is 24.3 Å². The van der Waals surface area contributed by atoms with Crippen molar-refractivity contribution < 1.29 is 14.6 Å². The van der Waals surface area contributed by atoms with E-state index in [0.29, 0.717) is 18.1 Å². The molecule has 0 amide bonds. The van der Waals surface area contributed by atoms with Gasteiger partial charge < -0.3 is 20.3 Å². The van der Waals surface area contributed by atoms with E-state index in [-0.39, 0.29) is 6.54 Å². The Labute approximate surface area is 113 Å². The average Bonchev–Trinajstić information content (AvgIpc) is 2.84. The van der Waals surface area contributed by atoms with Crippen LogP contribution in [0.2, 0.25) is 0 Å². The number of benzene rings is 1. The number of hydrogen-bond donors (Lipinski definition) is 3. The number of ether oxygens (including phenoxy) is 2. The molecule has 1 aliphatic rings. The van der Waals surface area contributed by atoms with Gasteiger partial charge in [0.1, 0.15) is 18.1 Å². The molecule has 0 saturated heterocycles. The minimum atomic E-state index is -0.676. The molecule has 0 heterocycles. The summed E-state index contributed by atoms with van der Waals surface area (Å²) in [6, 6.07) is 7.21. The van der Waals surface area contributed by atoms with Crippen molar-refractivity contribution in [1.82, 2.24) is 0 Å². The summed E-state index contributed by atoms with van der Waals surface area (Å²) < 4.78 is 11.1. The summed E-state index contributed by atoms with van der Waals surface area (Å²) in [6.45, 7) is 0.574. The van der Waals surface area contributed by atoms with Crippen molar-refractivity contribution in [3.8, 4) is 11.5 Å². The Balaban J connectivity index is 1.91. The predicted molar refractivity (Wildman–Crippen MR) is 73.0 cm³/mol. The monoisotopic (exact) mass is 266 g/mol. The van der Waals surface area contributed by atoms with Crippen LogP contribution in [0.5, 0.6) is 11.5 Å². The molecule has 1 aliphatic carbocycles. The zero-order valence-electron chi connectivity index (χ0n) is 11.0. The molecule has 2 rings (SSSR count). The van der Waals surface area contributed by atoms with Crippen LogP contribution in [0.25, 0.3) is 0 Å². The highest BCUT2D eigenvalue weighted by molar-refractivity contribution is 5.33. The molecule has 0 spiro atoms. The van der Waals surface area contributed by atoms with Gasteiger partial charge in [-0.05, 0) is 25.0 Å². The molecule has 1 fully saturated rings. The van der Waals surface area contributed by atoms with Crippen molar-refractivity contribution in [1.29, 1.82) is 0 Å². The highest BCUT2D eigenvalue weighted by atomic mass is 16.5. The van der Waals surface area contributed by atoms with Gasteiger partial charge in [-0.1, -0.05) is 18.9 Å². The smallest absolute Gasteiger partial charge is 0.160 e. The predicted octanol–water partition coefficient (Wildman–Crippen LogP) is 0.993. The SMILES string of the molecule is NC[C@@H](N)Oc1cccc(OCC2(O)CCCC2)c1. The lowest BCUT2D eigenvalue weighted by atomic mass is 10.0. The van der Waals surface area contributed by atoms with Gasteiger partial charge in [-0.25, -0.2) is 0 Å². The minimum absolute atomic E-state index is 0.255. The first-order chi connectivity index (χ1) is 9.11. The van der Waals surface area contributed by atoms with Crippen molar-refractivity contribution in [3.63, 3.8) is 0 Å². The first-order valence-electron chi connectivity index (χ1n) is 6.69. The van der Waals surface area contributed by atoms with Crippen molar-refractivity contribution in [3.05, 3.63) is 24.3 Å². The fraction of sp³-hybridized carbons (Fsp3) is 0.571. The third kappa shape index (κ3) is 4.09. The molecule has 1 aromatic carbocycles. The molecule has 0 aromatic heterocycles. The van der Waals surface area contributed by atoms with Gasteiger partial charge in [-0.2, -0.15) is 0 Å². The maximum Gasteiger partial charge on any atom is 0.160 e. The van der Waals surface area contributed by atoms with E-state index >= 15 is 0 Å². The van der Waals surface area contributed by atoms with Gasteiger partial charge in [0.2, 0.25) is 0 Å². The molecule has 5 N–H and O–H groups in total. The number of hydrogen-bond acceptors (Lipinski definition) is 5. The number of rotatable bonds is 6. The quantitative estimate of drug-likeness (QED) is 0.668. The minimum Gasteiger partial charge on any atom is -0.490 e. The zero-order chi connectivity index (χ0) is 13.7. The summed E-state index contributed by atoms with van der Waals surface area (Å²) >= 11 is 0. The van der Waals surface area contributed by atoms with Crippen LogP contribution < -0.4 is 20.9 Å². The van der Waals surface area contributed by atoms with Crippen LogP contribution in [0.1, 0.15) is 25.7 Å². The largest absolute Gasteiger partial charge is 0.490 e. The summed E-state index contributed by atoms with van der Waals surface area (Å²) in [5.41, 5.74) is 10.3. The van der Waals surface area contributed by atoms with Crippen LogP contribution in [-0.2, 0) is 0 Å². The van der Waals surface area contributed by atoms with Gasteiger partial charge in [0.05, 0.1) is 5.60 Å². The van der Waals surface area contributed by atoms with Crippen LogP contribution >= 0.6 is 0 Å². The third-order valence-corrected chi connectivity index (χ3v) is 3.37. The molecule has 1 saturated carbocycles. The van der Waals surface area contributed by atoms with Gasteiger partial charge in [-0.3, -0.25) is 5.73 Å². The Hall–Kier alpha value is -1.30. The maximum atomic E-state index is 10.2. The van der Waals surface area contributed by atoms with Crippen LogP contribution in [0.3, 0.4) is 0 Å². The fourth-order valence-corrected chi connectivity index (χ4v) is 2.26. The highest BCUT2D eigenvalue weighted by Gasteiger charge is 2.31. The lowest BCUT2D eigenvalue weighted by molar-refractivity contribution is 0.00131. The van der Waals surface area contributed by atoms with E-state index < -0.39 is 11.8 Å². The average molecular weight is 266 g/mol. The molecule has 0 bridgehead atoms. The van der Waals surface area contributed by atoms with Crippen molar-refractivity contribution in [2.24, 2.45) is 11.5 Å². The zero-order valence-corrected chi connectivity index (χ0v) is 11.0. The Morgan fingerprint density at radius 3 is 2.63 bits per heavy atom. The van der Waals surface area contributed by atoms with Gasteiger partial charge in [0.25, 0.3) is 0 Å². The first-order valence-corrected chi connectivity index (χ1v) is 6.69. The maximum absolute atomic E-state index is 10.2. The van der Waals surface area contributed by atoms with Crippen LogP contribution in [0.4, 0.5) is 0 Å². The molecular formula is C14H22N2O3. The molecular weight excluding hydrogens is 244 g/mol. The molecule has 0 unspecified atom stereocenters. The molecule has 5 heteroatoms. The second-order valence-electron chi connectivity index (χ2n) is 5.09. The number of aliphatic hydroxyl groups is 1. The molecule has 5 nitrogen and oxygen atoms in total. The Morgan fingerprint density at radius 2 is 1.95 bits per heavy atom.